The molecule has 1 radical (unpaired) electrons. The smallest absolute Gasteiger partial charge is 0 e. The molecule has 0 N–H and O–H groups in total. The summed E-state index contributed by atoms with van der Waals surface area (Å²) in [6.07, 6.45) is 3.96. The molecule has 0 atom stereocenters. The molecule has 3 heterocycles. The Labute approximate surface area is 295 Å². The second kappa shape index (κ2) is 14.1. The molecule has 0 bridgehead atoms. The van der Waals surface area contributed by atoms with Crippen LogP contribution in [0.4, 0.5) is 0 Å². The summed E-state index contributed by atoms with van der Waals surface area (Å²) in [4.78, 5) is 9.19. The van der Waals surface area contributed by atoms with Gasteiger partial charge in [0.05, 0.1) is 5.58 Å². The van der Waals surface area contributed by atoms with Crippen LogP contribution in [0.2, 0.25) is 17.3 Å². The Bertz CT molecular complexity index is 2120. The summed E-state index contributed by atoms with van der Waals surface area (Å²) in [5.41, 5.74) is 10.8. The van der Waals surface area contributed by atoms with Crippen molar-refractivity contribution in [3.05, 3.63) is 139 Å². The minimum Gasteiger partial charge on any atom is 0 e. The van der Waals surface area contributed by atoms with Crippen molar-refractivity contribution in [1.82, 2.24) is 9.97 Å². The number of nitrogens with zero attached hydrogens (tertiary/aromatic N) is 2. The third-order valence-electron chi connectivity index (χ3n) is 8.32. The van der Waals surface area contributed by atoms with Crippen molar-refractivity contribution in [2.24, 2.45) is 0 Å². The van der Waals surface area contributed by atoms with Gasteiger partial charge in [-0.1, -0.05) is 80.8 Å². The number of aromatic nitrogens is 2. The van der Waals surface area contributed by atoms with Crippen LogP contribution < -0.4 is 4.40 Å². The molecule has 5 heteroatoms. The molecule has 239 valence electrons. The van der Waals surface area contributed by atoms with Crippen molar-refractivity contribution < 1.29 is 24.5 Å². The van der Waals surface area contributed by atoms with Gasteiger partial charge in [-0.25, -0.2) is 0 Å². The van der Waals surface area contributed by atoms with Crippen LogP contribution in [0.5, 0.6) is 0 Å². The number of rotatable bonds is 4. The maximum atomic E-state index is 6.26. The van der Waals surface area contributed by atoms with Crippen molar-refractivity contribution >= 4 is 39.6 Å². The molecule has 0 aliphatic heterocycles. The Hall–Kier alpha value is -3.83. The molecule has 0 aliphatic carbocycles. The Kier molecular flexibility index (Phi) is 10.4. The van der Waals surface area contributed by atoms with E-state index in [1.54, 1.807) is 0 Å². The van der Waals surface area contributed by atoms with Crippen LogP contribution in [0, 0.1) is 19.1 Å². The van der Waals surface area contributed by atoms with Crippen molar-refractivity contribution in [1.29, 1.82) is 0 Å². The average Bonchev–Trinajstić information content (AvgIpc) is 3.43. The van der Waals surface area contributed by atoms with Crippen LogP contribution in [0.15, 0.2) is 120 Å². The Morgan fingerprint density at radius 1 is 0.723 bits per heavy atom. The molecule has 0 fully saturated rings. The van der Waals surface area contributed by atoms with E-state index in [-0.39, 0.29) is 25.5 Å². The van der Waals surface area contributed by atoms with E-state index in [1.165, 1.54) is 15.5 Å². The zero-order valence-corrected chi connectivity index (χ0v) is 32.6. The van der Waals surface area contributed by atoms with Crippen molar-refractivity contribution in [2.45, 2.75) is 50.4 Å². The van der Waals surface area contributed by atoms with E-state index < -0.39 is 13.3 Å². The fourth-order valence-electron chi connectivity index (χ4n) is 5.82. The number of hydrogen-bond donors (Lipinski definition) is 0. The van der Waals surface area contributed by atoms with Gasteiger partial charge in [0, 0.05) is 37.3 Å². The summed E-state index contributed by atoms with van der Waals surface area (Å²) < 4.78 is 7.75. The number of benzene rings is 4. The fourth-order valence-corrected chi connectivity index (χ4v) is 9.40. The van der Waals surface area contributed by atoms with Crippen LogP contribution in [-0.2, 0) is 25.5 Å². The first-order valence-electron chi connectivity index (χ1n) is 15.8. The maximum absolute atomic E-state index is 6.26. The van der Waals surface area contributed by atoms with Crippen molar-refractivity contribution in [3.63, 3.8) is 0 Å². The normalized spacial score (nSPS) is 11.6. The number of hydrogen-bond acceptors (Lipinski definition) is 3. The van der Waals surface area contributed by atoms with Crippen LogP contribution >= 0.6 is 0 Å². The van der Waals surface area contributed by atoms with E-state index in [0.717, 1.165) is 55.6 Å². The molecule has 0 saturated heterocycles. The first-order chi connectivity index (χ1) is 22.0. The summed E-state index contributed by atoms with van der Waals surface area (Å²) in [6.45, 7) is 8.84. The number of aryl methyl sites for hydroxylation is 1. The SMILES string of the molecule is CC(C)(C)c1ccnc(-c2[c-]cc3oc4c(-c5ccccc5)cccc4c3c2)c1.Cc1cc(-c2[c-]cccc2)nc[c]1[Ge]([CH3])([CH3])[CH3].[Ir]. The van der Waals surface area contributed by atoms with Gasteiger partial charge in [0.1, 0.15) is 5.58 Å². The van der Waals surface area contributed by atoms with Gasteiger partial charge in [0.25, 0.3) is 0 Å². The third kappa shape index (κ3) is 7.67. The number of furan rings is 1. The molecule has 0 unspecified atom stereocenters. The van der Waals surface area contributed by atoms with Gasteiger partial charge in [-0.15, -0.1) is 23.8 Å². The molecule has 7 aromatic rings. The first kappa shape index (κ1) is 34.5. The van der Waals surface area contributed by atoms with Crippen molar-refractivity contribution in [2.75, 3.05) is 0 Å². The molecule has 0 aliphatic rings. The van der Waals surface area contributed by atoms with E-state index in [0.29, 0.717) is 0 Å². The molecule has 0 amide bonds. The second-order valence-corrected chi connectivity index (χ2v) is 24.4. The summed E-state index contributed by atoms with van der Waals surface area (Å²) >= 11 is -1.77. The van der Waals surface area contributed by atoms with Gasteiger partial charge < -0.3 is 9.40 Å². The summed E-state index contributed by atoms with van der Waals surface area (Å²) in [7, 11) is 0. The zero-order chi connectivity index (χ0) is 32.5. The summed E-state index contributed by atoms with van der Waals surface area (Å²) in [6, 6.07) is 41.8. The number of para-hydroxylation sites is 1. The fraction of sp³-hybridized carbons (Fsp3) is 0.190. The van der Waals surface area contributed by atoms with Gasteiger partial charge in [-0.2, -0.15) is 0 Å². The monoisotopic (exact) mass is 855 g/mol. The first-order valence-corrected chi connectivity index (χ1v) is 23.2. The Morgan fingerprint density at radius 2 is 1.47 bits per heavy atom. The average molecular weight is 854 g/mol. The molecular formula is C42H40GeIrN2O-2. The Balaban J connectivity index is 0.000000207. The topological polar surface area (TPSA) is 38.9 Å². The minimum atomic E-state index is -1.77. The molecule has 4 aromatic carbocycles. The van der Waals surface area contributed by atoms with E-state index >= 15 is 0 Å². The molecule has 0 spiro atoms. The Morgan fingerprint density at radius 3 is 2.15 bits per heavy atom. The molecule has 3 nitrogen and oxygen atoms in total. The van der Waals surface area contributed by atoms with Gasteiger partial charge in [-0.05, 0) is 28.3 Å². The molecule has 3 aromatic heterocycles. The number of pyridine rings is 2. The predicted molar refractivity (Wildman–Crippen MR) is 196 cm³/mol. The van der Waals surface area contributed by atoms with Crippen molar-refractivity contribution in [3.8, 4) is 33.6 Å². The van der Waals surface area contributed by atoms with E-state index in [4.69, 9.17) is 4.42 Å². The maximum Gasteiger partial charge on any atom is 0 e. The molecule has 7 rings (SSSR count). The van der Waals surface area contributed by atoms with E-state index in [1.807, 2.05) is 36.5 Å². The molecule has 0 saturated carbocycles. The molecule has 47 heavy (non-hydrogen) atoms. The van der Waals surface area contributed by atoms with Gasteiger partial charge in [0.2, 0.25) is 0 Å². The zero-order valence-electron chi connectivity index (χ0n) is 28.1. The molecular weight excluding hydrogens is 813 g/mol. The minimum absolute atomic E-state index is 0. The van der Waals surface area contributed by atoms with Gasteiger partial charge in [-0.3, -0.25) is 0 Å². The van der Waals surface area contributed by atoms with Crippen LogP contribution in [0.3, 0.4) is 0 Å². The summed E-state index contributed by atoms with van der Waals surface area (Å²) in [5, 5.41) is 2.21. The van der Waals surface area contributed by atoms with E-state index in [2.05, 4.69) is 146 Å². The standard InChI is InChI=1S/C27H22NO.C15H18GeN.Ir/c1-27(2,3)20-14-15-28-24(17-20)19-12-13-25-23(16-19)22-11-7-10-21(26(22)29-25)18-8-5-4-6-9-18;1-12-10-15(13-8-6-5-7-9-13)17-11-14(12)16(2,3)4;/h4-11,13-17H,1-3H3;5-8,10-11H,1-4H3;/q2*-1;. The van der Waals surface area contributed by atoms with Gasteiger partial charge >= 0.3 is 106 Å². The third-order valence-corrected chi connectivity index (χ3v) is 12.8. The number of fused-ring (bicyclic) bond motifs is 3. The van der Waals surface area contributed by atoms with Gasteiger partial charge in [0.15, 0.2) is 0 Å². The quantitative estimate of drug-likeness (QED) is 0.131. The van der Waals surface area contributed by atoms with E-state index in [9.17, 15) is 0 Å². The second-order valence-electron chi connectivity index (χ2n) is 13.9. The predicted octanol–water partition coefficient (Wildman–Crippen LogP) is 10.8. The summed E-state index contributed by atoms with van der Waals surface area (Å²) in [5.74, 6) is 7.20. The van der Waals surface area contributed by atoms with Crippen LogP contribution in [0.1, 0.15) is 31.9 Å². The van der Waals surface area contributed by atoms with Crippen LogP contribution in [0.25, 0.3) is 55.6 Å². The van der Waals surface area contributed by atoms with Crippen LogP contribution in [-0.4, -0.2) is 23.2 Å². The largest absolute Gasteiger partial charge is 0 e.